The third kappa shape index (κ3) is 5.02. The van der Waals surface area contributed by atoms with Crippen molar-refractivity contribution >= 4 is 17.6 Å². The van der Waals surface area contributed by atoms with E-state index in [9.17, 15) is 14.4 Å². The molecule has 2 amide bonds. The van der Waals surface area contributed by atoms with Gasteiger partial charge in [-0.05, 0) is 43.7 Å². The SMILES string of the molecule is CCC(C)C(=O)N[C@H]1CCCC[C@H]2CC[C@@H](c3cccc(C(=O)c4ccccc4)c3)N2C1=O. The molecular weight excluding hydrogens is 412 g/mol. The first kappa shape index (κ1) is 23.2. The van der Waals surface area contributed by atoms with Crippen molar-refractivity contribution < 1.29 is 14.4 Å². The largest absolute Gasteiger partial charge is 0.344 e. The van der Waals surface area contributed by atoms with Gasteiger partial charge in [0.05, 0.1) is 6.04 Å². The molecule has 0 bridgehead atoms. The third-order valence-corrected chi connectivity index (χ3v) is 7.28. The Morgan fingerprint density at radius 1 is 0.970 bits per heavy atom. The summed E-state index contributed by atoms with van der Waals surface area (Å²) in [6.07, 6.45) is 6.28. The molecule has 1 N–H and O–H groups in total. The Labute approximate surface area is 196 Å². The molecule has 2 fully saturated rings. The molecule has 4 atom stereocenters. The maximum atomic E-state index is 13.7. The van der Waals surface area contributed by atoms with Gasteiger partial charge >= 0.3 is 0 Å². The first-order valence-corrected chi connectivity index (χ1v) is 12.3. The van der Waals surface area contributed by atoms with Crippen LogP contribution < -0.4 is 5.32 Å². The van der Waals surface area contributed by atoms with Gasteiger partial charge in [0.2, 0.25) is 11.8 Å². The maximum Gasteiger partial charge on any atom is 0.245 e. The first-order chi connectivity index (χ1) is 16.0. The topological polar surface area (TPSA) is 66.5 Å². The third-order valence-electron chi connectivity index (χ3n) is 7.28. The van der Waals surface area contributed by atoms with E-state index in [0.29, 0.717) is 17.5 Å². The average molecular weight is 447 g/mol. The minimum Gasteiger partial charge on any atom is -0.344 e. The van der Waals surface area contributed by atoms with E-state index in [-0.39, 0.29) is 35.6 Å². The summed E-state index contributed by atoms with van der Waals surface area (Å²) in [4.78, 5) is 41.3. The van der Waals surface area contributed by atoms with Gasteiger partial charge in [-0.3, -0.25) is 14.4 Å². The van der Waals surface area contributed by atoms with Gasteiger partial charge in [-0.1, -0.05) is 75.2 Å². The van der Waals surface area contributed by atoms with Crippen LogP contribution in [0.3, 0.4) is 0 Å². The summed E-state index contributed by atoms with van der Waals surface area (Å²) in [5.74, 6) is -0.128. The quantitative estimate of drug-likeness (QED) is 0.631. The van der Waals surface area contributed by atoms with Crippen LogP contribution in [0.15, 0.2) is 54.6 Å². The number of fused-ring (bicyclic) bond motifs is 1. The Morgan fingerprint density at radius 2 is 1.70 bits per heavy atom. The zero-order valence-corrected chi connectivity index (χ0v) is 19.6. The summed E-state index contributed by atoms with van der Waals surface area (Å²) in [6.45, 7) is 3.89. The summed E-state index contributed by atoms with van der Waals surface area (Å²) in [7, 11) is 0. The maximum absolute atomic E-state index is 13.7. The molecular formula is C28H34N2O3. The number of rotatable bonds is 6. The second kappa shape index (κ2) is 10.3. The van der Waals surface area contributed by atoms with Gasteiger partial charge in [0.15, 0.2) is 5.78 Å². The summed E-state index contributed by atoms with van der Waals surface area (Å²) in [5, 5.41) is 3.04. The normalized spacial score (nSPS) is 23.9. The Kier molecular flexibility index (Phi) is 7.26. The number of amides is 2. The average Bonchev–Trinajstić information content (AvgIpc) is 3.27. The molecule has 2 aromatic rings. The zero-order chi connectivity index (χ0) is 23.4. The lowest BCUT2D eigenvalue weighted by atomic mass is 9.96. The standard InChI is InChI=1S/C28H34N2O3/c1-3-19(2)27(32)29-24-15-8-7-14-23-16-17-25(30(23)28(24)33)21-12-9-13-22(18-21)26(31)20-10-5-4-6-11-20/h4-6,9-13,18-19,23-25H,3,7-8,14-17H2,1-2H3,(H,29,32)/t19?,23-,24-,25-/m0/s1. The summed E-state index contributed by atoms with van der Waals surface area (Å²) < 4.78 is 0. The predicted molar refractivity (Wildman–Crippen MR) is 129 cm³/mol. The van der Waals surface area contributed by atoms with Crippen LogP contribution in [0.25, 0.3) is 0 Å². The van der Waals surface area contributed by atoms with Crippen molar-refractivity contribution in [3.8, 4) is 0 Å². The molecule has 5 nitrogen and oxygen atoms in total. The van der Waals surface area contributed by atoms with E-state index in [1.165, 1.54) is 0 Å². The highest BCUT2D eigenvalue weighted by atomic mass is 16.2. The molecule has 0 aliphatic carbocycles. The van der Waals surface area contributed by atoms with Crippen molar-refractivity contribution in [3.63, 3.8) is 0 Å². The van der Waals surface area contributed by atoms with E-state index in [2.05, 4.69) is 5.32 Å². The predicted octanol–water partition coefficient (Wildman–Crippen LogP) is 5.05. The van der Waals surface area contributed by atoms with E-state index in [1.807, 2.05) is 73.3 Å². The van der Waals surface area contributed by atoms with Gasteiger partial charge in [-0.2, -0.15) is 0 Å². The van der Waals surface area contributed by atoms with Crippen molar-refractivity contribution in [2.24, 2.45) is 5.92 Å². The fourth-order valence-electron chi connectivity index (χ4n) is 5.14. The van der Waals surface area contributed by atoms with E-state index < -0.39 is 6.04 Å². The van der Waals surface area contributed by atoms with Gasteiger partial charge in [-0.15, -0.1) is 0 Å². The molecule has 2 aliphatic rings. The van der Waals surface area contributed by atoms with Crippen LogP contribution in [-0.2, 0) is 9.59 Å². The van der Waals surface area contributed by atoms with Crippen LogP contribution >= 0.6 is 0 Å². The zero-order valence-electron chi connectivity index (χ0n) is 19.6. The van der Waals surface area contributed by atoms with Gasteiger partial charge in [0, 0.05) is 23.1 Å². The van der Waals surface area contributed by atoms with Gasteiger partial charge < -0.3 is 10.2 Å². The molecule has 0 radical (unpaired) electrons. The number of carbonyl (C=O) groups excluding carboxylic acids is 3. The van der Waals surface area contributed by atoms with E-state index >= 15 is 0 Å². The lowest BCUT2D eigenvalue weighted by molar-refractivity contribution is -0.140. The van der Waals surface area contributed by atoms with Crippen LogP contribution in [0.1, 0.15) is 86.3 Å². The lowest BCUT2D eigenvalue weighted by Gasteiger charge is -2.36. The molecule has 4 rings (SSSR count). The molecule has 2 saturated heterocycles. The number of hydrogen-bond donors (Lipinski definition) is 1. The first-order valence-electron chi connectivity index (χ1n) is 12.3. The Hall–Kier alpha value is -2.95. The molecule has 2 heterocycles. The Morgan fingerprint density at radius 3 is 2.45 bits per heavy atom. The molecule has 0 aromatic heterocycles. The van der Waals surface area contributed by atoms with Gasteiger partial charge in [0.25, 0.3) is 0 Å². The molecule has 2 aromatic carbocycles. The van der Waals surface area contributed by atoms with Crippen LogP contribution in [0.2, 0.25) is 0 Å². The second-order valence-electron chi connectivity index (χ2n) is 9.47. The highest BCUT2D eigenvalue weighted by molar-refractivity contribution is 6.09. The van der Waals surface area contributed by atoms with Crippen molar-refractivity contribution in [1.82, 2.24) is 10.2 Å². The molecule has 0 spiro atoms. The molecule has 1 unspecified atom stereocenters. The molecule has 33 heavy (non-hydrogen) atoms. The molecule has 0 saturated carbocycles. The fourth-order valence-corrected chi connectivity index (χ4v) is 5.14. The van der Waals surface area contributed by atoms with Gasteiger partial charge in [0.1, 0.15) is 6.04 Å². The fraction of sp³-hybridized carbons (Fsp3) is 0.464. The highest BCUT2D eigenvalue weighted by Gasteiger charge is 2.41. The minimum atomic E-state index is -0.468. The van der Waals surface area contributed by atoms with Gasteiger partial charge in [-0.25, -0.2) is 0 Å². The van der Waals surface area contributed by atoms with E-state index in [4.69, 9.17) is 0 Å². The van der Waals surface area contributed by atoms with Crippen molar-refractivity contribution in [3.05, 3.63) is 71.3 Å². The Balaban J connectivity index is 1.59. The number of hydrogen-bond acceptors (Lipinski definition) is 3. The molecule has 5 heteroatoms. The smallest absolute Gasteiger partial charge is 0.245 e. The number of nitrogens with one attached hydrogen (secondary N) is 1. The number of carbonyl (C=O) groups is 3. The molecule has 2 aliphatic heterocycles. The highest BCUT2D eigenvalue weighted by Crippen LogP contribution is 2.40. The van der Waals surface area contributed by atoms with E-state index in [1.54, 1.807) is 0 Å². The number of nitrogens with zero attached hydrogens (tertiary/aromatic N) is 1. The van der Waals surface area contributed by atoms with Crippen molar-refractivity contribution in [2.45, 2.75) is 76.9 Å². The van der Waals surface area contributed by atoms with Crippen LogP contribution in [0.4, 0.5) is 0 Å². The second-order valence-corrected chi connectivity index (χ2v) is 9.47. The van der Waals surface area contributed by atoms with Crippen LogP contribution in [0.5, 0.6) is 0 Å². The summed E-state index contributed by atoms with van der Waals surface area (Å²) in [6, 6.07) is 16.7. The van der Waals surface area contributed by atoms with E-state index in [0.717, 1.165) is 44.1 Å². The summed E-state index contributed by atoms with van der Waals surface area (Å²) in [5.41, 5.74) is 2.30. The van der Waals surface area contributed by atoms with Crippen molar-refractivity contribution in [1.29, 1.82) is 0 Å². The number of benzene rings is 2. The summed E-state index contributed by atoms with van der Waals surface area (Å²) >= 11 is 0. The molecule has 174 valence electrons. The monoisotopic (exact) mass is 446 g/mol. The Bertz CT molecular complexity index is 1000. The van der Waals surface area contributed by atoms with Crippen LogP contribution in [0, 0.1) is 5.92 Å². The minimum absolute atomic E-state index is 0.00955. The lowest BCUT2D eigenvalue weighted by Crippen LogP contribution is -2.52. The number of ketones is 1. The van der Waals surface area contributed by atoms with Crippen LogP contribution in [-0.4, -0.2) is 34.6 Å². The van der Waals surface area contributed by atoms with Crippen molar-refractivity contribution in [2.75, 3.05) is 0 Å².